The lowest BCUT2D eigenvalue weighted by Crippen LogP contribution is -2.20. The normalized spacial score (nSPS) is 11.6. The van der Waals surface area contributed by atoms with Gasteiger partial charge in [-0.3, -0.25) is 9.48 Å². The summed E-state index contributed by atoms with van der Waals surface area (Å²) in [5, 5.41) is 6.47. The molecule has 1 aromatic carbocycles. The van der Waals surface area contributed by atoms with Crippen LogP contribution in [0.4, 0.5) is 18.3 Å². The van der Waals surface area contributed by atoms with Crippen LogP contribution in [0.5, 0.6) is 0 Å². The summed E-state index contributed by atoms with van der Waals surface area (Å²) >= 11 is 1.31. The summed E-state index contributed by atoms with van der Waals surface area (Å²) in [6.07, 6.45) is -4.54. The zero-order valence-corrected chi connectivity index (χ0v) is 14.8. The van der Waals surface area contributed by atoms with Crippen LogP contribution >= 0.6 is 11.3 Å². The van der Waals surface area contributed by atoms with Crippen molar-refractivity contribution in [2.45, 2.75) is 26.6 Å². The van der Waals surface area contributed by atoms with Crippen molar-refractivity contribution in [3.05, 3.63) is 52.7 Å². The second kappa shape index (κ2) is 6.91. The van der Waals surface area contributed by atoms with Gasteiger partial charge in [0.05, 0.1) is 5.69 Å². The molecule has 136 valence electrons. The van der Waals surface area contributed by atoms with Gasteiger partial charge in [0.2, 0.25) is 5.91 Å². The van der Waals surface area contributed by atoms with Crippen LogP contribution in [-0.4, -0.2) is 20.7 Å². The number of hydrogen-bond acceptors (Lipinski definition) is 4. The molecule has 0 fully saturated rings. The highest BCUT2D eigenvalue weighted by Crippen LogP contribution is 2.30. The first kappa shape index (κ1) is 18.1. The topological polar surface area (TPSA) is 59.8 Å². The zero-order valence-electron chi connectivity index (χ0n) is 14.0. The smallest absolute Gasteiger partial charge is 0.300 e. The summed E-state index contributed by atoms with van der Waals surface area (Å²) in [5.41, 5.74) is 0.937. The molecule has 9 heteroatoms. The van der Waals surface area contributed by atoms with Gasteiger partial charge < -0.3 is 5.32 Å². The Morgan fingerprint density at radius 2 is 1.92 bits per heavy atom. The van der Waals surface area contributed by atoms with Crippen LogP contribution in [0.1, 0.15) is 16.3 Å². The standard InChI is InChI=1S/C17H15F3N4OS/c1-10-8-13(17(18,19)20)23-24(10)9-14(25)21-16-22-15(11(2)26-16)12-6-4-3-5-7-12/h3-8H,9H2,1-2H3,(H,21,22,25). The fraction of sp³-hybridized carbons (Fsp3) is 0.235. The fourth-order valence-corrected chi connectivity index (χ4v) is 3.27. The van der Waals surface area contributed by atoms with Crippen LogP contribution in [0.3, 0.4) is 0 Å². The Morgan fingerprint density at radius 3 is 2.54 bits per heavy atom. The molecule has 1 N–H and O–H groups in total. The maximum Gasteiger partial charge on any atom is 0.435 e. The lowest BCUT2D eigenvalue weighted by Gasteiger charge is -2.04. The van der Waals surface area contributed by atoms with E-state index in [0.717, 1.165) is 26.9 Å². The quantitative estimate of drug-likeness (QED) is 0.735. The molecule has 0 spiro atoms. The fourth-order valence-electron chi connectivity index (χ4n) is 2.42. The number of halogens is 3. The van der Waals surface area contributed by atoms with Gasteiger partial charge in [0.15, 0.2) is 10.8 Å². The number of hydrogen-bond donors (Lipinski definition) is 1. The molecule has 0 saturated carbocycles. The first-order valence-corrected chi connectivity index (χ1v) is 8.50. The third-order valence-corrected chi connectivity index (χ3v) is 4.54. The van der Waals surface area contributed by atoms with Crippen molar-refractivity contribution in [1.82, 2.24) is 14.8 Å². The van der Waals surface area contributed by atoms with E-state index < -0.39 is 17.8 Å². The molecule has 0 unspecified atom stereocenters. The van der Waals surface area contributed by atoms with Gasteiger partial charge in [-0.1, -0.05) is 30.3 Å². The number of aromatic nitrogens is 3. The number of carbonyl (C=O) groups is 1. The summed E-state index contributed by atoms with van der Waals surface area (Å²) in [7, 11) is 0. The Balaban J connectivity index is 1.72. The first-order chi connectivity index (χ1) is 12.2. The molecule has 0 radical (unpaired) electrons. The van der Waals surface area contributed by atoms with Crippen molar-refractivity contribution in [3.8, 4) is 11.3 Å². The third-order valence-electron chi connectivity index (χ3n) is 3.66. The number of carbonyl (C=O) groups excluding carboxylic acids is 1. The molecule has 26 heavy (non-hydrogen) atoms. The molecule has 0 aliphatic carbocycles. The van der Waals surface area contributed by atoms with Crippen LogP contribution in [0, 0.1) is 13.8 Å². The summed E-state index contributed by atoms with van der Waals surface area (Å²) < 4.78 is 39.1. The maximum atomic E-state index is 12.7. The van der Waals surface area contributed by atoms with Crippen LogP contribution in [-0.2, 0) is 17.5 Å². The number of anilines is 1. The number of benzene rings is 1. The largest absolute Gasteiger partial charge is 0.435 e. The number of amides is 1. The van der Waals surface area contributed by atoms with E-state index in [2.05, 4.69) is 15.4 Å². The molecular formula is C17H15F3N4OS. The summed E-state index contributed by atoms with van der Waals surface area (Å²) in [4.78, 5) is 17.5. The van der Waals surface area contributed by atoms with E-state index in [1.54, 1.807) is 0 Å². The van der Waals surface area contributed by atoms with E-state index >= 15 is 0 Å². The SMILES string of the molecule is Cc1sc(NC(=O)Cn2nc(C(F)(F)F)cc2C)nc1-c1ccccc1. The van der Waals surface area contributed by atoms with E-state index in [1.165, 1.54) is 18.3 Å². The van der Waals surface area contributed by atoms with E-state index in [-0.39, 0.29) is 12.2 Å². The highest BCUT2D eigenvalue weighted by molar-refractivity contribution is 7.16. The van der Waals surface area contributed by atoms with Crippen molar-refractivity contribution in [2.75, 3.05) is 5.32 Å². The highest BCUT2D eigenvalue weighted by atomic mass is 32.1. The molecule has 1 amide bonds. The Labute approximate surface area is 151 Å². The van der Waals surface area contributed by atoms with Crippen molar-refractivity contribution in [2.24, 2.45) is 0 Å². The monoisotopic (exact) mass is 380 g/mol. The zero-order chi connectivity index (χ0) is 18.9. The third kappa shape index (κ3) is 3.93. The van der Waals surface area contributed by atoms with Crippen LogP contribution in [0.25, 0.3) is 11.3 Å². The lowest BCUT2D eigenvalue weighted by atomic mass is 10.1. The Hall–Kier alpha value is -2.68. The van der Waals surface area contributed by atoms with Crippen molar-refractivity contribution in [3.63, 3.8) is 0 Å². The van der Waals surface area contributed by atoms with Gasteiger partial charge in [-0.15, -0.1) is 11.3 Å². The number of rotatable bonds is 4. The number of nitrogens with one attached hydrogen (secondary N) is 1. The molecule has 3 aromatic rings. The predicted molar refractivity (Wildman–Crippen MR) is 92.9 cm³/mol. The minimum atomic E-state index is -4.54. The molecule has 3 rings (SSSR count). The predicted octanol–water partition coefficient (Wildman–Crippen LogP) is 4.28. The number of aryl methyl sites for hydroxylation is 2. The van der Waals surface area contributed by atoms with Gasteiger partial charge in [0.1, 0.15) is 6.54 Å². The van der Waals surface area contributed by atoms with E-state index in [4.69, 9.17) is 0 Å². The summed E-state index contributed by atoms with van der Waals surface area (Å²) in [6, 6.07) is 10.4. The van der Waals surface area contributed by atoms with Gasteiger partial charge >= 0.3 is 6.18 Å². The molecule has 5 nitrogen and oxygen atoms in total. The van der Waals surface area contributed by atoms with Gasteiger partial charge in [-0.05, 0) is 19.9 Å². The van der Waals surface area contributed by atoms with Gasteiger partial charge in [-0.2, -0.15) is 18.3 Å². The van der Waals surface area contributed by atoms with Gasteiger partial charge in [0, 0.05) is 16.1 Å². The highest BCUT2D eigenvalue weighted by Gasteiger charge is 2.34. The average Bonchev–Trinajstić information content (AvgIpc) is 3.11. The molecule has 0 saturated heterocycles. The molecule has 2 aromatic heterocycles. The minimum absolute atomic E-state index is 0.257. The second-order valence-electron chi connectivity index (χ2n) is 5.66. The summed E-state index contributed by atoms with van der Waals surface area (Å²) in [6.45, 7) is 3.04. The molecular weight excluding hydrogens is 365 g/mol. The second-order valence-corrected chi connectivity index (χ2v) is 6.87. The van der Waals surface area contributed by atoms with Crippen LogP contribution in [0.2, 0.25) is 0 Å². The molecule has 0 aliphatic heterocycles. The molecule has 2 heterocycles. The van der Waals surface area contributed by atoms with Crippen LogP contribution in [0.15, 0.2) is 36.4 Å². The first-order valence-electron chi connectivity index (χ1n) is 7.68. The van der Waals surface area contributed by atoms with E-state index in [0.29, 0.717) is 5.13 Å². The van der Waals surface area contributed by atoms with E-state index in [1.807, 2.05) is 37.3 Å². The Morgan fingerprint density at radius 1 is 1.23 bits per heavy atom. The number of nitrogens with zero attached hydrogens (tertiary/aromatic N) is 3. The Kier molecular flexibility index (Phi) is 4.82. The van der Waals surface area contributed by atoms with Gasteiger partial charge in [0.25, 0.3) is 0 Å². The van der Waals surface area contributed by atoms with E-state index in [9.17, 15) is 18.0 Å². The molecule has 0 bridgehead atoms. The van der Waals surface area contributed by atoms with Gasteiger partial charge in [-0.25, -0.2) is 4.98 Å². The summed E-state index contributed by atoms with van der Waals surface area (Å²) in [5.74, 6) is -0.488. The Bertz CT molecular complexity index is 931. The number of thiazole rings is 1. The minimum Gasteiger partial charge on any atom is -0.300 e. The van der Waals surface area contributed by atoms with Crippen LogP contribution < -0.4 is 5.32 Å². The van der Waals surface area contributed by atoms with Crippen molar-refractivity contribution < 1.29 is 18.0 Å². The van der Waals surface area contributed by atoms with Crippen molar-refractivity contribution in [1.29, 1.82) is 0 Å². The molecule has 0 aliphatic rings. The average molecular weight is 380 g/mol. The van der Waals surface area contributed by atoms with Crippen molar-refractivity contribution >= 4 is 22.4 Å². The lowest BCUT2D eigenvalue weighted by molar-refractivity contribution is -0.141. The molecule has 0 atom stereocenters. The number of alkyl halides is 3. The maximum absolute atomic E-state index is 12.7.